The number of aliphatic hydroxyl groups is 1. The van der Waals surface area contributed by atoms with E-state index in [-0.39, 0.29) is 6.10 Å². The van der Waals surface area contributed by atoms with Crippen LogP contribution in [-0.2, 0) is 0 Å². The summed E-state index contributed by atoms with van der Waals surface area (Å²) in [5, 5.41) is 10.9. The van der Waals surface area contributed by atoms with Gasteiger partial charge in [-0.3, -0.25) is 4.90 Å². The van der Waals surface area contributed by atoms with Gasteiger partial charge in [-0.1, -0.05) is 26.2 Å². The molecule has 1 N–H and O–H groups in total. The van der Waals surface area contributed by atoms with E-state index >= 15 is 0 Å². The number of hydrogen-bond acceptors (Lipinski definition) is 3. The second-order valence-corrected chi connectivity index (χ2v) is 6.86. The molecule has 0 radical (unpaired) electrons. The van der Waals surface area contributed by atoms with Crippen LogP contribution >= 0.6 is 0 Å². The largest absolute Gasteiger partial charge is 0.391 e. The Morgan fingerprint density at radius 2 is 1.95 bits per heavy atom. The number of aliphatic hydroxyl groups excluding tert-OH is 1. The van der Waals surface area contributed by atoms with Crippen molar-refractivity contribution in [1.82, 2.24) is 9.80 Å². The molecule has 112 valence electrons. The fourth-order valence-corrected chi connectivity index (χ4v) is 4.00. The Labute approximate surface area is 119 Å². The number of hydrogen-bond donors (Lipinski definition) is 1. The molecule has 1 saturated heterocycles. The molecule has 3 nitrogen and oxygen atoms in total. The lowest BCUT2D eigenvalue weighted by atomic mass is 9.76. The molecule has 0 aromatic heterocycles. The van der Waals surface area contributed by atoms with Crippen LogP contribution in [-0.4, -0.2) is 60.8 Å². The van der Waals surface area contributed by atoms with Crippen LogP contribution in [0.3, 0.4) is 0 Å². The van der Waals surface area contributed by atoms with Crippen LogP contribution in [0.15, 0.2) is 0 Å². The predicted molar refractivity (Wildman–Crippen MR) is 80.3 cm³/mol. The summed E-state index contributed by atoms with van der Waals surface area (Å²) in [7, 11) is 4.38. The molecule has 1 saturated carbocycles. The average Bonchev–Trinajstić information content (AvgIpc) is 2.59. The van der Waals surface area contributed by atoms with Gasteiger partial charge in [-0.15, -0.1) is 0 Å². The lowest BCUT2D eigenvalue weighted by molar-refractivity contribution is -0.00418. The van der Waals surface area contributed by atoms with E-state index in [0.717, 1.165) is 25.6 Å². The minimum Gasteiger partial charge on any atom is -0.391 e. The lowest BCUT2D eigenvalue weighted by Gasteiger charge is -2.39. The van der Waals surface area contributed by atoms with Gasteiger partial charge in [0.05, 0.1) is 6.10 Å². The quantitative estimate of drug-likeness (QED) is 0.850. The Morgan fingerprint density at radius 1 is 1.16 bits per heavy atom. The van der Waals surface area contributed by atoms with Crippen molar-refractivity contribution >= 4 is 0 Å². The topological polar surface area (TPSA) is 26.7 Å². The van der Waals surface area contributed by atoms with Gasteiger partial charge in [0.15, 0.2) is 0 Å². The Hall–Kier alpha value is -0.120. The summed E-state index contributed by atoms with van der Waals surface area (Å²) in [5.74, 6) is 1.37. The van der Waals surface area contributed by atoms with Crippen molar-refractivity contribution in [2.24, 2.45) is 11.8 Å². The third kappa shape index (κ3) is 3.93. The molecular formula is C16H32N2O. The van der Waals surface area contributed by atoms with E-state index < -0.39 is 0 Å². The van der Waals surface area contributed by atoms with Gasteiger partial charge >= 0.3 is 0 Å². The second-order valence-electron chi connectivity index (χ2n) is 6.86. The SMILES string of the molecule is CCC1CCCC(C(O)C2CN(C)CCCN2C)C1. The molecular weight excluding hydrogens is 236 g/mol. The predicted octanol–water partition coefficient (Wildman–Crippen LogP) is 2.20. The van der Waals surface area contributed by atoms with Gasteiger partial charge in [-0.05, 0) is 58.3 Å². The smallest absolute Gasteiger partial charge is 0.0735 e. The molecule has 0 aromatic carbocycles. The van der Waals surface area contributed by atoms with Crippen LogP contribution < -0.4 is 0 Å². The van der Waals surface area contributed by atoms with Crippen molar-refractivity contribution < 1.29 is 5.11 Å². The molecule has 1 aliphatic carbocycles. The summed E-state index contributed by atoms with van der Waals surface area (Å²) < 4.78 is 0. The van der Waals surface area contributed by atoms with Gasteiger partial charge in [0, 0.05) is 12.6 Å². The first-order chi connectivity index (χ1) is 9.11. The highest BCUT2D eigenvalue weighted by molar-refractivity contribution is 4.89. The Balaban J connectivity index is 1.97. The number of rotatable bonds is 3. The van der Waals surface area contributed by atoms with E-state index in [1.54, 1.807) is 0 Å². The van der Waals surface area contributed by atoms with E-state index in [4.69, 9.17) is 0 Å². The summed E-state index contributed by atoms with van der Waals surface area (Å²) in [4.78, 5) is 4.78. The van der Waals surface area contributed by atoms with Crippen molar-refractivity contribution in [2.75, 3.05) is 33.7 Å². The van der Waals surface area contributed by atoms with Gasteiger partial charge < -0.3 is 10.0 Å². The first-order valence-electron chi connectivity index (χ1n) is 8.18. The zero-order valence-electron chi connectivity index (χ0n) is 13.0. The Morgan fingerprint density at radius 3 is 2.68 bits per heavy atom. The van der Waals surface area contributed by atoms with Crippen LogP contribution in [0.25, 0.3) is 0 Å². The molecule has 4 atom stereocenters. The summed E-state index contributed by atoms with van der Waals surface area (Å²) in [6.45, 7) is 5.60. The minimum atomic E-state index is -0.139. The fraction of sp³-hybridized carbons (Fsp3) is 1.00. The van der Waals surface area contributed by atoms with Crippen molar-refractivity contribution in [1.29, 1.82) is 0 Å². The third-order valence-corrected chi connectivity index (χ3v) is 5.39. The standard InChI is InChI=1S/C16H32N2O/c1-4-13-7-5-8-14(11-13)16(19)15-12-17(2)9-6-10-18(15)3/h13-16,19H,4-12H2,1-3H3. The van der Waals surface area contributed by atoms with Crippen molar-refractivity contribution in [3.8, 4) is 0 Å². The highest BCUT2D eigenvalue weighted by Gasteiger charge is 2.34. The van der Waals surface area contributed by atoms with E-state index in [9.17, 15) is 5.11 Å². The molecule has 0 aromatic rings. The van der Waals surface area contributed by atoms with Gasteiger partial charge in [-0.2, -0.15) is 0 Å². The number of likely N-dealkylation sites (N-methyl/N-ethyl adjacent to an activating group) is 2. The maximum atomic E-state index is 10.9. The average molecular weight is 268 g/mol. The molecule has 19 heavy (non-hydrogen) atoms. The van der Waals surface area contributed by atoms with Crippen LogP contribution in [0.2, 0.25) is 0 Å². The van der Waals surface area contributed by atoms with E-state index in [2.05, 4.69) is 30.8 Å². The first kappa shape index (κ1) is 15.3. The maximum absolute atomic E-state index is 10.9. The maximum Gasteiger partial charge on any atom is 0.0735 e. The van der Waals surface area contributed by atoms with Crippen molar-refractivity contribution in [3.05, 3.63) is 0 Å². The van der Waals surface area contributed by atoms with Crippen molar-refractivity contribution in [3.63, 3.8) is 0 Å². The molecule has 2 rings (SSSR count). The Bertz CT molecular complexity index is 271. The number of nitrogens with zero attached hydrogens (tertiary/aromatic N) is 2. The summed E-state index contributed by atoms with van der Waals surface area (Å²) in [6.07, 6.45) is 7.52. The monoisotopic (exact) mass is 268 g/mol. The van der Waals surface area contributed by atoms with Gasteiger partial charge in [0.25, 0.3) is 0 Å². The first-order valence-corrected chi connectivity index (χ1v) is 8.18. The molecule has 0 bridgehead atoms. The van der Waals surface area contributed by atoms with Crippen LogP contribution in [0.4, 0.5) is 0 Å². The minimum absolute atomic E-state index is 0.139. The highest BCUT2D eigenvalue weighted by Crippen LogP contribution is 2.34. The lowest BCUT2D eigenvalue weighted by Crippen LogP contribution is -2.49. The highest BCUT2D eigenvalue weighted by atomic mass is 16.3. The zero-order chi connectivity index (χ0) is 13.8. The molecule has 4 unspecified atom stereocenters. The molecule has 1 heterocycles. The summed E-state index contributed by atoms with van der Waals surface area (Å²) in [5.41, 5.74) is 0. The van der Waals surface area contributed by atoms with Crippen LogP contribution in [0.1, 0.15) is 45.4 Å². The zero-order valence-corrected chi connectivity index (χ0v) is 13.0. The van der Waals surface area contributed by atoms with E-state index in [1.165, 1.54) is 38.5 Å². The van der Waals surface area contributed by atoms with Gasteiger partial charge in [-0.25, -0.2) is 0 Å². The van der Waals surface area contributed by atoms with Crippen molar-refractivity contribution in [2.45, 2.75) is 57.6 Å². The molecule has 0 amide bonds. The summed E-state index contributed by atoms with van der Waals surface area (Å²) in [6, 6.07) is 0.327. The second kappa shape index (κ2) is 7.05. The molecule has 2 fully saturated rings. The van der Waals surface area contributed by atoms with Crippen LogP contribution in [0.5, 0.6) is 0 Å². The molecule has 3 heteroatoms. The fourth-order valence-electron chi connectivity index (χ4n) is 4.00. The van der Waals surface area contributed by atoms with Gasteiger partial charge in [0.2, 0.25) is 0 Å². The Kier molecular flexibility index (Phi) is 5.67. The normalized spacial score (nSPS) is 36.9. The summed E-state index contributed by atoms with van der Waals surface area (Å²) >= 11 is 0. The van der Waals surface area contributed by atoms with Crippen LogP contribution in [0, 0.1) is 11.8 Å². The van der Waals surface area contributed by atoms with E-state index in [1.807, 2.05) is 0 Å². The molecule has 0 spiro atoms. The van der Waals surface area contributed by atoms with E-state index in [0.29, 0.717) is 12.0 Å². The van der Waals surface area contributed by atoms with Gasteiger partial charge in [0.1, 0.15) is 0 Å². The molecule has 1 aliphatic heterocycles. The molecule has 2 aliphatic rings. The third-order valence-electron chi connectivity index (χ3n) is 5.39.